The molecule has 0 spiro atoms. The molecule has 3 aliphatic rings. The summed E-state index contributed by atoms with van der Waals surface area (Å²) in [6, 6.07) is -0.958. The van der Waals surface area contributed by atoms with E-state index in [4.69, 9.17) is 20.4 Å². The molecule has 1 atom stereocenters. The van der Waals surface area contributed by atoms with E-state index in [9.17, 15) is 18.8 Å². The van der Waals surface area contributed by atoms with E-state index in [-0.39, 0.29) is 11.1 Å². The van der Waals surface area contributed by atoms with Crippen molar-refractivity contribution in [3.63, 3.8) is 0 Å². The van der Waals surface area contributed by atoms with Gasteiger partial charge in [-0.3, -0.25) is 24.6 Å². The van der Waals surface area contributed by atoms with E-state index < -0.39 is 84.9 Å². The van der Waals surface area contributed by atoms with Crippen LogP contribution in [0.3, 0.4) is 0 Å². The van der Waals surface area contributed by atoms with Gasteiger partial charge in [0.15, 0.2) is 0 Å². The zero-order valence-electron chi connectivity index (χ0n) is 26.0. The van der Waals surface area contributed by atoms with Gasteiger partial charge < -0.3 is 14.4 Å². The molecule has 0 radical (unpaired) electrons. The molecular weight excluding hydrogens is 441 g/mol. The van der Waals surface area contributed by atoms with E-state index in [1.54, 1.807) is 17.4 Å². The molecule has 9 heteroatoms. The second-order valence-corrected chi connectivity index (χ2v) is 7.93. The Hall–Kier alpha value is -3.30. The second-order valence-electron chi connectivity index (χ2n) is 7.93. The van der Waals surface area contributed by atoms with Gasteiger partial charge in [0.2, 0.25) is 11.8 Å². The Kier molecular flexibility index (Phi) is 4.16. The number of piperidine rings is 1. The molecule has 34 heavy (non-hydrogen) atoms. The minimum absolute atomic E-state index is 0.100. The number of hydrogen-bond donors (Lipinski definition) is 1. The van der Waals surface area contributed by atoms with E-state index in [1.807, 2.05) is 0 Å². The fourth-order valence-corrected chi connectivity index (χ4v) is 3.98. The Bertz CT molecular complexity index is 1500. The summed E-state index contributed by atoms with van der Waals surface area (Å²) in [6.45, 7) is 1.87. The number of rotatable bonds is 6. The van der Waals surface area contributed by atoms with E-state index in [1.165, 1.54) is 6.07 Å². The maximum atomic E-state index is 14.8. The molecule has 2 aromatic rings. The number of ether oxygens (including phenoxy) is 2. The number of hydrogen-bond acceptors (Lipinski definition) is 6. The number of halogens is 1. The van der Waals surface area contributed by atoms with Crippen LogP contribution < -0.4 is 10.1 Å². The third kappa shape index (κ3) is 4.53. The van der Waals surface area contributed by atoms with Crippen molar-refractivity contribution in [2.24, 2.45) is 0 Å². The van der Waals surface area contributed by atoms with Crippen LogP contribution in [0.5, 0.6) is 5.75 Å². The lowest BCUT2D eigenvalue weighted by atomic mass is 10.0. The smallest absolute Gasteiger partial charge is 0.255 e. The number of fused-ring (bicyclic) bond motifs is 1. The Labute approximate surface area is 207 Å². The van der Waals surface area contributed by atoms with Gasteiger partial charge in [-0.05, 0) is 36.2 Å². The molecular formula is C25H26FN3O5. The van der Waals surface area contributed by atoms with Gasteiger partial charge in [-0.1, -0.05) is 12.1 Å². The van der Waals surface area contributed by atoms with Crippen molar-refractivity contribution in [1.29, 1.82) is 0 Å². The number of morpholine rings is 1. The monoisotopic (exact) mass is 475 g/mol. The van der Waals surface area contributed by atoms with Crippen LogP contribution in [0.1, 0.15) is 50.8 Å². The van der Waals surface area contributed by atoms with E-state index in [2.05, 4.69) is 4.90 Å². The Morgan fingerprint density at radius 3 is 2.91 bits per heavy atom. The number of benzene rings is 2. The predicted molar refractivity (Wildman–Crippen MR) is 119 cm³/mol. The fraction of sp³-hybridized carbons (Fsp3) is 0.400. The molecule has 0 aliphatic carbocycles. The van der Waals surface area contributed by atoms with E-state index in [0.717, 1.165) is 5.56 Å². The molecule has 0 bridgehead atoms. The highest BCUT2D eigenvalue weighted by Gasteiger charge is 2.40. The van der Waals surface area contributed by atoms with Gasteiger partial charge in [-0.15, -0.1) is 0 Å². The van der Waals surface area contributed by atoms with Crippen molar-refractivity contribution < 1.29 is 39.2 Å². The SMILES string of the molecule is [2H]c1c([2H])c(OCc2cc(CN3CCOCC3)ccc2F)c2c(c1[2H])C(=O)N(C1([2H])C(=O)NC(=O)C([2H])([2H])C1([2H])[2H])C2. The lowest BCUT2D eigenvalue weighted by Gasteiger charge is -2.29. The number of carbonyl (C=O) groups excluding carboxylic acids is 3. The number of nitrogens with one attached hydrogen (secondary N) is 1. The van der Waals surface area contributed by atoms with Crippen LogP contribution in [0, 0.1) is 5.82 Å². The molecule has 0 saturated carbocycles. The first-order chi connectivity index (χ1) is 19.6. The lowest BCUT2D eigenvalue weighted by Crippen LogP contribution is -2.52. The van der Waals surface area contributed by atoms with Crippen molar-refractivity contribution in [1.82, 2.24) is 15.1 Å². The first kappa shape index (κ1) is 14.9. The highest BCUT2D eigenvalue weighted by atomic mass is 19.1. The highest BCUT2D eigenvalue weighted by Crippen LogP contribution is 2.34. The number of amides is 3. The summed E-state index contributed by atoms with van der Waals surface area (Å²) in [6.07, 6.45) is -6.94. The molecule has 2 aromatic carbocycles. The summed E-state index contributed by atoms with van der Waals surface area (Å²) in [5.41, 5.74) is 0.120. The standard InChI is InChI=1S/C25H26FN3O5/c26-20-5-4-16(13-28-8-10-33-11-9-28)12-17(20)15-34-22-3-1-2-18-19(22)14-29(25(18)32)21-6-7-23(30)27-24(21)31/h1-5,12,21H,6-11,13-15H2,(H,27,30,31)/i1D,2D,3D,6D2,7D2,21D. The average molecular weight is 476 g/mol. The summed E-state index contributed by atoms with van der Waals surface area (Å²) < 4.78 is 91.7. The minimum atomic E-state index is -3.54. The number of imide groups is 1. The van der Waals surface area contributed by atoms with Crippen LogP contribution >= 0.6 is 0 Å². The van der Waals surface area contributed by atoms with Crippen molar-refractivity contribution in [3.8, 4) is 5.75 Å². The van der Waals surface area contributed by atoms with Crippen LogP contribution in [0.15, 0.2) is 36.3 Å². The zero-order valence-corrected chi connectivity index (χ0v) is 18.0. The van der Waals surface area contributed by atoms with Crippen LogP contribution in [-0.4, -0.2) is 59.8 Å². The molecule has 5 rings (SSSR count). The molecule has 2 saturated heterocycles. The largest absolute Gasteiger partial charge is 0.488 e. The Morgan fingerprint density at radius 1 is 1.26 bits per heavy atom. The van der Waals surface area contributed by atoms with Crippen molar-refractivity contribution in [2.45, 2.75) is 38.5 Å². The molecule has 8 nitrogen and oxygen atoms in total. The molecule has 178 valence electrons. The molecule has 0 aromatic heterocycles. The van der Waals surface area contributed by atoms with Gasteiger partial charge in [0.1, 0.15) is 24.2 Å². The summed E-state index contributed by atoms with van der Waals surface area (Å²) in [4.78, 5) is 40.8. The minimum Gasteiger partial charge on any atom is -0.488 e. The molecule has 1 N–H and O–H groups in total. The Balaban J connectivity index is 1.48. The topological polar surface area (TPSA) is 88.2 Å². The number of carbonyl (C=O) groups is 3. The third-order valence-electron chi connectivity index (χ3n) is 5.71. The van der Waals surface area contributed by atoms with Gasteiger partial charge in [-0.25, -0.2) is 4.39 Å². The maximum Gasteiger partial charge on any atom is 0.255 e. The van der Waals surface area contributed by atoms with Crippen molar-refractivity contribution in [3.05, 3.63) is 64.4 Å². The normalized spacial score (nSPS) is 29.4. The average Bonchev–Trinajstić information content (AvgIpc) is 3.29. The van der Waals surface area contributed by atoms with Gasteiger partial charge in [0.25, 0.3) is 5.91 Å². The molecule has 3 amide bonds. The fourth-order valence-electron chi connectivity index (χ4n) is 3.98. The Morgan fingerprint density at radius 2 is 2.09 bits per heavy atom. The highest BCUT2D eigenvalue weighted by molar-refractivity contribution is 6.05. The summed E-state index contributed by atoms with van der Waals surface area (Å²) in [7, 11) is 0. The second kappa shape index (κ2) is 9.52. The van der Waals surface area contributed by atoms with Crippen LogP contribution in [0.25, 0.3) is 0 Å². The number of nitrogens with zero attached hydrogens (tertiary/aromatic N) is 2. The lowest BCUT2D eigenvalue weighted by molar-refractivity contribution is -0.136. The molecule has 1 unspecified atom stereocenters. The zero-order chi connectivity index (χ0) is 30.8. The van der Waals surface area contributed by atoms with Crippen molar-refractivity contribution >= 4 is 17.7 Å². The molecule has 3 aliphatic heterocycles. The van der Waals surface area contributed by atoms with Gasteiger partial charge in [-0.2, -0.15) is 0 Å². The van der Waals surface area contributed by atoms with Gasteiger partial charge in [0.05, 0.1) is 25.2 Å². The summed E-state index contributed by atoms with van der Waals surface area (Å²) in [5.74, 6) is -5.49. The molecule has 3 heterocycles. The van der Waals surface area contributed by atoms with E-state index >= 15 is 0 Å². The maximum absolute atomic E-state index is 14.8. The van der Waals surface area contributed by atoms with Crippen LogP contribution in [0.2, 0.25) is 0 Å². The van der Waals surface area contributed by atoms with Crippen LogP contribution in [0.4, 0.5) is 4.39 Å². The quantitative estimate of drug-likeness (QED) is 0.643. The predicted octanol–water partition coefficient (Wildman–Crippen LogP) is 2.00. The first-order valence-corrected chi connectivity index (χ1v) is 10.6. The van der Waals surface area contributed by atoms with Gasteiger partial charge >= 0.3 is 0 Å². The van der Waals surface area contributed by atoms with E-state index in [0.29, 0.717) is 37.7 Å². The molecule has 2 fully saturated rings. The third-order valence-corrected chi connectivity index (χ3v) is 5.71. The summed E-state index contributed by atoms with van der Waals surface area (Å²) >= 11 is 0. The van der Waals surface area contributed by atoms with Gasteiger partial charge in [0, 0.05) is 48.2 Å². The van der Waals surface area contributed by atoms with Crippen molar-refractivity contribution in [2.75, 3.05) is 26.3 Å². The van der Waals surface area contributed by atoms with Crippen LogP contribution in [-0.2, 0) is 34.0 Å². The first-order valence-electron chi connectivity index (χ1n) is 14.6. The summed E-state index contributed by atoms with van der Waals surface area (Å²) in [5, 5.41) is 1.60.